The largest absolute Gasteiger partial charge is 0.493 e. The Labute approximate surface area is 257 Å². The summed E-state index contributed by atoms with van der Waals surface area (Å²) in [4.78, 5) is 15.4. The van der Waals surface area contributed by atoms with Crippen LogP contribution in [0.2, 0.25) is 5.02 Å². The summed E-state index contributed by atoms with van der Waals surface area (Å²) in [6.07, 6.45) is 4.35. The number of piperidine rings is 1. The fourth-order valence-electron chi connectivity index (χ4n) is 4.97. The van der Waals surface area contributed by atoms with E-state index in [1.807, 2.05) is 11.8 Å². The van der Waals surface area contributed by atoms with Crippen LogP contribution >= 0.6 is 11.6 Å². The third-order valence-electron chi connectivity index (χ3n) is 7.28. The van der Waals surface area contributed by atoms with Crippen LogP contribution in [-0.2, 0) is 19.9 Å². The normalized spacial score (nSPS) is 16.6. The number of carbonyl (C=O) groups excluding carboxylic acids is 1. The lowest BCUT2D eigenvalue weighted by Gasteiger charge is -2.37. The Morgan fingerprint density at radius 1 is 0.977 bits per heavy atom. The van der Waals surface area contributed by atoms with E-state index in [0.717, 1.165) is 19.3 Å². The number of carbonyl (C=O) groups is 1. The summed E-state index contributed by atoms with van der Waals surface area (Å²) in [5.74, 6) is -0.273. The number of likely N-dealkylation sites (tertiary alicyclic amines) is 1. The van der Waals surface area contributed by atoms with E-state index in [9.17, 15) is 21.6 Å². The topological polar surface area (TPSA) is 131 Å². The molecule has 0 saturated carbocycles. The zero-order valence-electron chi connectivity index (χ0n) is 24.0. The van der Waals surface area contributed by atoms with E-state index in [2.05, 4.69) is 16.6 Å². The summed E-state index contributed by atoms with van der Waals surface area (Å²) >= 11 is 5.90. The predicted molar refractivity (Wildman–Crippen MR) is 167 cm³/mol. The Hall–Kier alpha value is -3.58. The van der Waals surface area contributed by atoms with Crippen molar-refractivity contribution in [2.75, 3.05) is 30.8 Å². The third kappa shape index (κ3) is 7.15. The number of hydrogen-bond donors (Lipinski definition) is 2. The number of sulfonamides is 1. The van der Waals surface area contributed by atoms with Crippen LogP contribution in [0, 0.1) is 0 Å². The zero-order chi connectivity index (χ0) is 31.4. The van der Waals surface area contributed by atoms with Crippen LogP contribution in [0.1, 0.15) is 36.5 Å². The number of rotatable bonds is 11. The van der Waals surface area contributed by atoms with Crippen molar-refractivity contribution in [3.05, 3.63) is 83.9 Å². The highest BCUT2D eigenvalue weighted by Gasteiger charge is 2.34. The number of ether oxygens (including phenoxy) is 2. The van der Waals surface area contributed by atoms with Gasteiger partial charge in [-0.05, 0) is 80.9 Å². The summed E-state index contributed by atoms with van der Waals surface area (Å²) in [6.45, 7) is 6.47. The van der Waals surface area contributed by atoms with Gasteiger partial charge in [-0.1, -0.05) is 24.1 Å². The first-order valence-electron chi connectivity index (χ1n) is 13.5. The molecule has 4 rings (SSSR count). The van der Waals surface area contributed by atoms with Gasteiger partial charge in [0, 0.05) is 22.8 Å². The maximum Gasteiger partial charge on any atom is 0.261 e. The highest BCUT2D eigenvalue weighted by atomic mass is 35.5. The number of hydrogen-bond acceptors (Lipinski definition) is 8. The van der Waals surface area contributed by atoms with E-state index in [4.69, 9.17) is 21.1 Å². The number of nitrogens with one attached hydrogen (secondary N) is 2. The number of amides is 1. The SMILES string of the molecule is C=CC(N1CCCCC1C)S(=O)(=O)c1ccc(NC(=O)c2cc(OC)c(OC)cc2NS(=O)(=O)c2ccc(Cl)cc2)cc1. The van der Waals surface area contributed by atoms with E-state index >= 15 is 0 Å². The van der Waals surface area contributed by atoms with Crippen LogP contribution in [0.15, 0.2) is 83.1 Å². The van der Waals surface area contributed by atoms with Crippen molar-refractivity contribution in [3.63, 3.8) is 0 Å². The number of benzene rings is 3. The molecule has 2 atom stereocenters. The lowest BCUT2D eigenvalue weighted by atomic mass is 10.0. The molecule has 2 N–H and O–H groups in total. The Kier molecular flexibility index (Phi) is 10.1. The minimum absolute atomic E-state index is 0.0577. The number of sulfone groups is 1. The molecule has 1 amide bonds. The molecule has 10 nitrogen and oxygen atoms in total. The van der Waals surface area contributed by atoms with Crippen molar-refractivity contribution in [1.29, 1.82) is 0 Å². The van der Waals surface area contributed by atoms with Crippen LogP contribution in [0.25, 0.3) is 0 Å². The Bertz CT molecular complexity index is 1690. The fourth-order valence-corrected chi connectivity index (χ4v) is 7.89. The van der Waals surface area contributed by atoms with Gasteiger partial charge in [0.2, 0.25) is 0 Å². The maximum atomic E-state index is 13.5. The molecule has 0 spiro atoms. The van der Waals surface area contributed by atoms with E-state index in [1.165, 1.54) is 81.0 Å². The van der Waals surface area contributed by atoms with E-state index in [-0.39, 0.29) is 38.6 Å². The molecular formula is C30H34ClN3O7S2. The Morgan fingerprint density at radius 2 is 1.58 bits per heavy atom. The van der Waals surface area contributed by atoms with Gasteiger partial charge in [-0.25, -0.2) is 16.8 Å². The number of nitrogens with zero attached hydrogens (tertiary/aromatic N) is 1. The van der Waals surface area contributed by atoms with Crippen molar-refractivity contribution in [3.8, 4) is 11.5 Å². The Balaban J connectivity index is 1.61. The molecular weight excluding hydrogens is 614 g/mol. The molecule has 1 saturated heterocycles. The molecule has 2 unspecified atom stereocenters. The molecule has 0 radical (unpaired) electrons. The molecule has 1 fully saturated rings. The lowest BCUT2D eigenvalue weighted by molar-refractivity contribution is 0.102. The number of anilines is 2. The predicted octanol–water partition coefficient (Wildman–Crippen LogP) is 5.57. The van der Waals surface area contributed by atoms with Crippen molar-refractivity contribution in [2.24, 2.45) is 0 Å². The summed E-state index contributed by atoms with van der Waals surface area (Å²) in [6, 6.07) is 14.1. The van der Waals surface area contributed by atoms with Gasteiger partial charge < -0.3 is 14.8 Å². The highest BCUT2D eigenvalue weighted by molar-refractivity contribution is 7.92. The van der Waals surface area contributed by atoms with Gasteiger partial charge in [0.05, 0.1) is 35.3 Å². The molecule has 13 heteroatoms. The van der Waals surface area contributed by atoms with E-state index < -0.39 is 31.1 Å². The smallest absolute Gasteiger partial charge is 0.261 e. The molecule has 3 aromatic carbocycles. The summed E-state index contributed by atoms with van der Waals surface area (Å²) in [5, 5.41) is 2.20. The van der Waals surface area contributed by atoms with Crippen LogP contribution in [-0.4, -0.2) is 59.8 Å². The van der Waals surface area contributed by atoms with Gasteiger partial charge in [0.1, 0.15) is 5.37 Å². The second-order valence-electron chi connectivity index (χ2n) is 10.0. The van der Waals surface area contributed by atoms with Crippen LogP contribution in [0.4, 0.5) is 11.4 Å². The van der Waals surface area contributed by atoms with Gasteiger partial charge in [-0.15, -0.1) is 6.58 Å². The second kappa shape index (κ2) is 13.4. The van der Waals surface area contributed by atoms with Crippen molar-refractivity contribution < 1.29 is 31.1 Å². The van der Waals surface area contributed by atoms with Gasteiger partial charge in [-0.2, -0.15) is 0 Å². The maximum absolute atomic E-state index is 13.5. The minimum Gasteiger partial charge on any atom is -0.493 e. The quantitative estimate of drug-likeness (QED) is 0.258. The number of halogens is 1. The van der Waals surface area contributed by atoms with E-state index in [1.54, 1.807) is 0 Å². The molecule has 230 valence electrons. The van der Waals surface area contributed by atoms with Crippen LogP contribution < -0.4 is 19.5 Å². The standard InChI is InChI=1S/C30H34ClN3O7S2/c1-5-29(34-17-7-6-8-20(34)2)42(36,37)23-15-11-22(12-16-23)32-30(35)25-18-27(40-3)28(41-4)19-26(25)33-43(38,39)24-13-9-21(31)10-14-24/h5,9-16,18-20,29,33H,1,6-8,17H2,2-4H3,(H,32,35). The Morgan fingerprint density at radius 3 is 2.16 bits per heavy atom. The lowest BCUT2D eigenvalue weighted by Crippen LogP contribution is -2.47. The molecule has 1 aliphatic rings. The summed E-state index contributed by atoms with van der Waals surface area (Å²) in [5.41, 5.74) is 0.179. The molecule has 0 aromatic heterocycles. The summed E-state index contributed by atoms with van der Waals surface area (Å²) in [7, 11) is -5.12. The second-order valence-corrected chi connectivity index (χ2v) is 14.2. The molecule has 43 heavy (non-hydrogen) atoms. The average Bonchev–Trinajstić information content (AvgIpc) is 2.98. The molecule has 3 aromatic rings. The van der Waals surface area contributed by atoms with Crippen LogP contribution in [0.3, 0.4) is 0 Å². The molecule has 1 heterocycles. The highest BCUT2D eigenvalue weighted by Crippen LogP contribution is 2.35. The van der Waals surface area contributed by atoms with Crippen molar-refractivity contribution in [1.82, 2.24) is 4.90 Å². The fraction of sp³-hybridized carbons (Fsp3) is 0.300. The van der Waals surface area contributed by atoms with Crippen molar-refractivity contribution in [2.45, 2.75) is 47.4 Å². The first-order valence-corrected chi connectivity index (χ1v) is 16.9. The molecule has 0 bridgehead atoms. The van der Waals surface area contributed by atoms with Crippen LogP contribution in [0.5, 0.6) is 11.5 Å². The zero-order valence-corrected chi connectivity index (χ0v) is 26.4. The first kappa shape index (κ1) is 32.3. The first-order chi connectivity index (χ1) is 20.4. The van der Waals surface area contributed by atoms with Crippen molar-refractivity contribution >= 4 is 48.7 Å². The molecule has 1 aliphatic heterocycles. The van der Waals surface area contributed by atoms with Gasteiger partial charge >= 0.3 is 0 Å². The monoisotopic (exact) mass is 647 g/mol. The van der Waals surface area contributed by atoms with Gasteiger partial charge in [0.25, 0.3) is 15.9 Å². The molecule has 0 aliphatic carbocycles. The minimum atomic E-state index is -4.11. The third-order valence-corrected chi connectivity index (χ3v) is 10.9. The van der Waals surface area contributed by atoms with Gasteiger partial charge in [-0.3, -0.25) is 14.4 Å². The number of methoxy groups -OCH3 is 2. The summed E-state index contributed by atoms with van der Waals surface area (Å²) < 4.78 is 66.3. The average molecular weight is 648 g/mol. The van der Waals surface area contributed by atoms with Gasteiger partial charge in [0.15, 0.2) is 21.3 Å². The van der Waals surface area contributed by atoms with E-state index in [0.29, 0.717) is 17.3 Å².